The van der Waals surface area contributed by atoms with Crippen LogP contribution in [0.5, 0.6) is 5.75 Å². The quantitative estimate of drug-likeness (QED) is 0.289. The summed E-state index contributed by atoms with van der Waals surface area (Å²) in [5.41, 5.74) is 6.47. The van der Waals surface area contributed by atoms with Crippen LogP contribution in [-0.4, -0.2) is 23.5 Å². The van der Waals surface area contributed by atoms with Crippen LogP contribution in [-0.2, 0) is 9.59 Å². The Morgan fingerprint density at radius 2 is 1.86 bits per heavy atom. The lowest BCUT2D eigenvalue weighted by Crippen LogP contribution is -2.49. The zero-order chi connectivity index (χ0) is 21.4. The molecule has 0 aliphatic carbocycles. The first-order valence-electron chi connectivity index (χ1n) is 8.16. The van der Waals surface area contributed by atoms with Crippen molar-refractivity contribution in [2.24, 2.45) is 0 Å². The van der Waals surface area contributed by atoms with Crippen LogP contribution in [0.1, 0.15) is 11.1 Å². The number of carbonyl (C=O) groups excluding carboxylic acids is 2. The number of hydrogen-bond acceptors (Lipinski definition) is 4. The SMILES string of the molecule is Cc1cc(Br)cc(Br)c1OCC(=O)NNC(=S)NC(=O)/C=C/c1ccc(Cl)cc1. The normalized spacial score (nSPS) is 10.5. The van der Waals surface area contributed by atoms with Crippen LogP contribution in [0.25, 0.3) is 6.08 Å². The van der Waals surface area contributed by atoms with Crippen molar-refractivity contribution in [1.82, 2.24) is 16.2 Å². The molecule has 0 saturated carbocycles. The summed E-state index contributed by atoms with van der Waals surface area (Å²) in [5.74, 6) is -0.351. The van der Waals surface area contributed by atoms with Crippen molar-refractivity contribution in [3.8, 4) is 5.75 Å². The van der Waals surface area contributed by atoms with Gasteiger partial charge in [-0.15, -0.1) is 0 Å². The summed E-state index contributed by atoms with van der Waals surface area (Å²) in [6.45, 7) is 1.63. The summed E-state index contributed by atoms with van der Waals surface area (Å²) in [7, 11) is 0. The standard InChI is InChI=1S/C19H16Br2ClN3O3S/c1-11-8-13(20)9-15(21)18(11)28-10-17(27)24-25-19(29)23-16(26)7-4-12-2-5-14(22)6-3-12/h2-9H,10H2,1H3,(H,24,27)(H2,23,25,26,29)/b7-4+. The number of benzene rings is 2. The van der Waals surface area contributed by atoms with E-state index >= 15 is 0 Å². The van der Waals surface area contributed by atoms with E-state index in [9.17, 15) is 9.59 Å². The molecule has 152 valence electrons. The molecule has 0 aromatic heterocycles. The van der Waals surface area contributed by atoms with Crippen LogP contribution in [0.4, 0.5) is 0 Å². The highest BCUT2D eigenvalue weighted by Gasteiger charge is 2.10. The van der Waals surface area contributed by atoms with Crippen molar-refractivity contribution in [2.45, 2.75) is 6.92 Å². The number of thiocarbonyl (C=S) groups is 1. The number of hydrogen-bond donors (Lipinski definition) is 3. The minimum atomic E-state index is -0.465. The molecule has 29 heavy (non-hydrogen) atoms. The molecule has 0 radical (unpaired) electrons. The lowest BCUT2D eigenvalue weighted by molar-refractivity contribution is -0.123. The van der Waals surface area contributed by atoms with Gasteiger partial charge in [0, 0.05) is 15.6 Å². The second-order valence-corrected chi connectivity index (χ2v) is 8.31. The van der Waals surface area contributed by atoms with Crippen LogP contribution in [0.3, 0.4) is 0 Å². The third kappa shape index (κ3) is 8.14. The van der Waals surface area contributed by atoms with Crippen molar-refractivity contribution in [2.75, 3.05) is 6.61 Å². The van der Waals surface area contributed by atoms with Gasteiger partial charge in [-0.05, 0) is 76.5 Å². The van der Waals surface area contributed by atoms with Crippen LogP contribution in [0.2, 0.25) is 5.02 Å². The number of amides is 2. The summed E-state index contributed by atoms with van der Waals surface area (Å²) in [6, 6.07) is 10.7. The van der Waals surface area contributed by atoms with E-state index in [0.29, 0.717) is 10.8 Å². The number of hydrazine groups is 1. The Kier molecular flexibility index (Phi) is 9.09. The minimum absolute atomic E-state index is 0.0508. The number of carbonyl (C=O) groups is 2. The summed E-state index contributed by atoms with van der Waals surface area (Å²) < 4.78 is 7.14. The molecule has 10 heteroatoms. The maximum Gasteiger partial charge on any atom is 0.276 e. The predicted octanol–water partition coefficient (Wildman–Crippen LogP) is 4.29. The Hall–Kier alpha value is -1.94. The second kappa shape index (κ2) is 11.3. The van der Waals surface area contributed by atoms with Crippen molar-refractivity contribution in [3.63, 3.8) is 0 Å². The van der Waals surface area contributed by atoms with E-state index in [1.54, 1.807) is 30.3 Å². The van der Waals surface area contributed by atoms with Crippen molar-refractivity contribution in [1.29, 1.82) is 0 Å². The van der Waals surface area contributed by atoms with E-state index < -0.39 is 11.8 Å². The average Bonchev–Trinajstić information content (AvgIpc) is 2.65. The molecule has 0 saturated heterocycles. The third-order valence-electron chi connectivity index (χ3n) is 3.39. The zero-order valence-electron chi connectivity index (χ0n) is 15.1. The lowest BCUT2D eigenvalue weighted by atomic mass is 10.2. The van der Waals surface area contributed by atoms with E-state index in [2.05, 4.69) is 48.0 Å². The van der Waals surface area contributed by atoms with E-state index in [1.807, 2.05) is 19.1 Å². The first-order valence-corrected chi connectivity index (χ1v) is 10.5. The molecule has 0 spiro atoms. The highest BCUT2D eigenvalue weighted by molar-refractivity contribution is 9.11. The molecular formula is C19H16Br2ClN3O3S. The van der Waals surface area contributed by atoms with Crippen molar-refractivity contribution >= 4 is 78.7 Å². The van der Waals surface area contributed by atoms with Gasteiger partial charge in [-0.3, -0.25) is 25.8 Å². The van der Waals surface area contributed by atoms with E-state index in [1.165, 1.54) is 6.08 Å². The van der Waals surface area contributed by atoms with E-state index in [4.69, 9.17) is 28.6 Å². The van der Waals surface area contributed by atoms with E-state index in [-0.39, 0.29) is 11.7 Å². The maximum atomic E-state index is 11.9. The van der Waals surface area contributed by atoms with Gasteiger partial charge in [-0.2, -0.15) is 0 Å². The van der Waals surface area contributed by atoms with Gasteiger partial charge < -0.3 is 4.74 Å². The van der Waals surface area contributed by atoms with Gasteiger partial charge >= 0.3 is 0 Å². The fourth-order valence-electron chi connectivity index (χ4n) is 2.10. The Balaban J connectivity index is 1.75. The van der Waals surface area contributed by atoms with Crippen molar-refractivity contribution < 1.29 is 14.3 Å². The molecule has 2 aromatic carbocycles. The Labute approximate surface area is 195 Å². The molecule has 0 atom stereocenters. The largest absolute Gasteiger partial charge is 0.482 e. The molecule has 0 aliphatic rings. The molecular weight excluding hydrogens is 546 g/mol. The summed E-state index contributed by atoms with van der Waals surface area (Å²) in [4.78, 5) is 23.8. The lowest BCUT2D eigenvalue weighted by Gasteiger charge is -2.13. The average molecular weight is 562 g/mol. The minimum Gasteiger partial charge on any atom is -0.482 e. The Bertz CT molecular complexity index is 929. The molecule has 0 heterocycles. The van der Waals surface area contributed by atoms with E-state index in [0.717, 1.165) is 20.1 Å². The first-order chi connectivity index (χ1) is 13.7. The summed E-state index contributed by atoms with van der Waals surface area (Å²) in [6.07, 6.45) is 2.93. The van der Waals surface area contributed by atoms with Crippen LogP contribution < -0.4 is 20.9 Å². The number of rotatable bonds is 5. The van der Waals surface area contributed by atoms with Crippen LogP contribution >= 0.6 is 55.7 Å². The van der Waals surface area contributed by atoms with Gasteiger partial charge in [-0.1, -0.05) is 39.7 Å². The van der Waals surface area contributed by atoms with Gasteiger partial charge in [0.15, 0.2) is 11.7 Å². The number of nitrogens with one attached hydrogen (secondary N) is 3. The summed E-state index contributed by atoms with van der Waals surface area (Å²) in [5, 5.41) is 2.98. The molecule has 3 N–H and O–H groups in total. The van der Waals surface area contributed by atoms with Crippen molar-refractivity contribution in [3.05, 3.63) is 67.6 Å². The molecule has 6 nitrogen and oxygen atoms in total. The molecule has 0 bridgehead atoms. The fourth-order valence-corrected chi connectivity index (χ4v) is 3.93. The van der Waals surface area contributed by atoms with Gasteiger partial charge in [0.2, 0.25) is 5.91 Å². The molecule has 2 amide bonds. The first kappa shape index (κ1) is 23.3. The highest BCUT2D eigenvalue weighted by Crippen LogP contribution is 2.32. The van der Waals surface area contributed by atoms with Gasteiger partial charge in [0.1, 0.15) is 5.75 Å². The van der Waals surface area contributed by atoms with Crippen LogP contribution in [0.15, 0.2) is 51.4 Å². The van der Waals surface area contributed by atoms with Gasteiger partial charge in [0.05, 0.1) is 4.47 Å². The van der Waals surface area contributed by atoms with Gasteiger partial charge in [0.25, 0.3) is 5.91 Å². The number of aryl methyl sites for hydroxylation is 1. The second-order valence-electron chi connectivity index (χ2n) is 5.70. The van der Waals surface area contributed by atoms with Crippen LogP contribution in [0, 0.1) is 6.92 Å². The monoisotopic (exact) mass is 559 g/mol. The number of ether oxygens (including phenoxy) is 1. The molecule has 0 aliphatic heterocycles. The predicted molar refractivity (Wildman–Crippen MR) is 125 cm³/mol. The zero-order valence-corrected chi connectivity index (χ0v) is 19.8. The molecule has 0 fully saturated rings. The molecule has 0 unspecified atom stereocenters. The Morgan fingerprint density at radius 1 is 1.17 bits per heavy atom. The smallest absolute Gasteiger partial charge is 0.276 e. The summed E-state index contributed by atoms with van der Waals surface area (Å²) >= 11 is 17.5. The third-order valence-corrected chi connectivity index (χ3v) is 4.89. The maximum absolute atomic E-state index is 11.9. The Morgan fingerprint density at radius 3 is 2.52 bits per heavy atom. The molecule has 2 aromatic rings. The topological polar surface area (TPSA) is 79.5 Å². The fraction of sp³-hybridized carbons (Fsp3) is 0.105. The highest BCUT2D eigenvalue weighted by atomic mass is 79.9. The van der Waals surface area contributed by atoms with Gasteiger partial charge in [-0.25, -0.2) is 0 Å². The molecule has 2 rings (SSSR count). The number of halogens is 3.